The van der Waals surface area contributed by atoms with Gasteiger partial charge < -0.3 is 5.32 Å². The number of alkyl halides is 1. The predicted molar refractivity (Wildman–Crippen MR) is 74.8 cm³/mol. The van der Waals surface area contributed by atoms with Crippen LogP contribution in [0.1, 0.15) is 20.8 Å². The van der Waals surface area contributed by atoms with Gasteiger partial charge in [0.25, 0.3) is 0 Å². The summed E-state index contributed by atoms with van der Waals surface area (Å²) in [5.74, 6) is 0.889. The maximum atomic E-state index is 6.18. The number of anilines is 1. The van der Waals surface area contributed by atoms with E-state index in [0.717, 1.165) is 11.2 Å². The van der Waals surface area contributed by atoms with E-state index in [4.69, 9.17) is 11.6 Å². The van der Waals surface area contributed by atoms with E-state index in [9.17, 15) is 0 Å². The second-order valence-corrected chi connectivity index (χ2v) is 5.50. The molecule has 0 aliphatic carbocycles. The Morgan fingerprint density at radius 3 is 2.65 bits per heavy atom. The van der Waals surface area contributed by atoms with E-state index < -0.39 is 0 Å². The highest BCUT2D eigenvalue weighted by molar-refractivity contribution is 6.21. The largest absolute Gasteiger partial charge is 0.363 e. The van der Waals surface area contributed by atoms with E-state index in [1.165, 1.54) is 5.39 Å². The number of pyridine rings is 1. The van der Waals surface area contributed by atoms with Crippen molar-refractivity contribution in [1.82, 2.24) is 4.98 Å². The molecule has 17 heavy (non-hydrogen) atoms. The van der Waals surface area contributed by atoms with E-state index in [0.29, 0.717) is 0 Å². The molecular formula is C14H17ClN2. The number of hydrogen-bond acceptors (Lipinski definition) is 2. The lowest BCUT2D eigenvalue weighted by molar-refractivity contribution is 0.553. The van der Waals surface area contributed by atoms with Gasteiger partial charge in [-0.2, -0.15) is 0 Å². The summed E-state index contributed by atoms with van der Waals surface area (Å²) >= 11 is 6.18. The summed E-state index contributed by atoms with van der Waals surface area (Å²) in [4.78, 5) is 4.40. The van der Waals surface area contributed by atoms with Crippen LogP contribution in [0.15, 0.2) is 36.5 Å². The fourth-order valence-corrected chi connectivity index (χ4v) is 1.68. The molecule has 2 aromatic rings. The van der Waals surface area contributed by atoms with Crippen molar-refractivity contribution in [2.45, 2.75) is 31.7 Å². The highest BCUT2D eigenvalue weighted by Crippen LogP contribution is 2.26. The smallest absolute Gasteiger partial charge is 0.134 e. The maximum absolute atomic E-state index is 6.18. The van der Waals surface area contributed by atoms with Crippen molar-refractivity contribution in [2.24, 2.45) is 0 Å². The summed E-state index contributed by atoms with van der Waals surface area (Å²) in [5.41, 5.74) is -0.196. The second-order valence-electron chi connectivity index (χ2n) is 4.84. The van der Waals surface area contributed by atoms with Gasteiger partial charge in [-0.05, 0) is 32.2 Å². The Kier molecular flexibility index (Phi) is 3.25. The van der Waals surface area contributed by atoms with Gasteiger partial charge in [-0.1, -0.05) is 24.3 Å². The van der Waals surface area contributed by atoms with Crippen molar-refractivity contribution in [3.8, 4) is 0 Å². The van der Waals surface area contributed by atoms with Gasteiger partial charge in [0, 0.05) is 17.1 Å². The number of fused-ring (bicyclic) bond motifs is 1. The number of halogens is 1. The second kappa shape index (κ2) is 4.53. The first-order valence-electron chi connectivity index (χ1n) is 5.77. The summed E-state index contributed by atoms with van der Waals surface area (Å²) in [6, 6.07) is 10.2. The van der Waals surface area contributed by atoms with Gasteiger partial charge in [-0.15, -0.1) is 11.6 Å². The number of rotatable bonds is 3. The van der Waals surface area contributed by atoms with Crippen LogP contribution in [0.5, 0.6) is 0 Å². The van der Waals surface area contributed by atoms with Crippen LogP contribution < -0.4 is 5.32 Å². The summed E-state index contributed by atoms with van der Waals surface area (Å²) in [7, 11) is 0. The number of hydrogen-bond donors (Lipinski definition) is 1. The fraction of sp³-hybridized carbons (Fsp3) is 0.357. The molecule has 90 valence electrons. The Hall–Kier alpha value is -1.28. The number of aromatic nitrogens is 1. The quantitative estimate of drug-likeness (QED) is 0.829. The predicted octanol–water partition coefficient (Wildman–Crippen LogP) is 4.05. The number of nitrogens with one attached hydrogen (secondary N) is 1. The molecule has 0 aliphatic heterocycles. The van der Waals surface area contributed by atoms with Crippen LogP contribution in [0, 0.1) is 0 Å². The lowest BCUT2D eigenvalue weighted by atomic mass is 10.0. The molecule has 1 heterocycles. The van der Waals surface area contributed by atoms with Crippen LogP contribution in [0.3, 0.4) is 0 Å². The van der Waals surface area contributed by atoms with Gasteiger partial charge in [0.05, 0.1) is 5.38 Å². The van der Waals surface area contributed by atoms with Crippen LogP contribution in [0.4, 0.5) is 5.82 Å². The summed E-state index contributed by atoms with van der Waals surface area (Å²) in [5, 5.41) is 5.74. The molecule has 1 aromatic heterocycles. The van der Waals surface area contributed by atoms with Gasteiger partial charge in [0.15, 0.2) is 0 Å². The molecule has 2 nitrogen and oxygen atoms in total. The standard InChI is InChI=1S/C14H17ClN2/c1-10(15)14(2,3)17-13-12-7-5-4-6-11(12)8-9-16-13/h4-10H,1-3H3,(H,16,17). The molecular weight excluding hydrogens is 232 g/mol. The molecule has 0 bridgehead atoms. The minimum absolute atomic E-state index is 0.0169. The van der Waals surface area contributed by atoms with Crippen LogP contribution >= 0.6 is 11.6 Å². The molecule has 1 aromatic carbocycles. The molecule has 0 radical (unpaired) electrons. The van der Waals surface area contributed by atoms with Crippen LogP contribution in [-0.2, 0) is 0 Å². The SMILES string of the molecule is CC(Cl)C(C)(C)Nc1nccc2ccccc12. The molecule has 0 fully saturated rings. The van der Waals surface area contributed by atoms with Gasteiger partial charge in [-0.25, -0.2) is 4.98 Å². The minimum atomic E-state index is -0.196. The average Bonchev–Trinajstić information content (AvgIpc) is 2.29. The lowest BCUT2D eigenvalue weighted by Gasteiger charge is -2.30. The Morgan fingerprint density at radius 2 is 1.94 bits per heavy atom. The van der Waals surface area contributed by atoms with Gasteiger partial charge in [0.2, 0.25) is 0 Å². The molecule has 2 rings (SSSR count). The zero-order chi connectivity index (χ0) is 12.5. The van der Waals surface area contributed by atoms with Crippen LogP contribution in [-0.4, -0.2) is 15.9 Å². The first kappa shape index (κ1) is 12.2. The maximum Gasteiger partial charge on any atom is 0.134 e. The molecule has 1 atom stereocenters. The molecule has 1 unspecified atom stereocenters. The highest BCUT2D eigenvalue weighted by Gasteiger charge is 2.24. The monoisotopic (exact) mass is 248 g/mol. The molecule has 0 amide bonds. The minimum Gasteiger partial charge on any atom is -0.363 e. The van der Waals surface area contributed by atoms with Gasteiger partial charge in [-0.3, -0.25) is 0 Å². The third-order valence-corrected chi connectivity index (χ3v) is 3.65. The third-order valence-electron chi connectivity index (χ3n) is 3.11. The van der Waals surface area contributed by atoms with E-state index in [2.05, 4.69) is 36.3 Å². The van der Waals surface area contributed by atoms with E-state index >= 15 is 0 Å². The molecule has 0 aliphatic rings. The van der Waals surface area contributed by atoms with E-state index in [-0.39, 0.29) is 10.9 Å². The van der Waals surface area contributed by atoms with Crippen molar-refractivity contribution < 1.29 is 0 Å². The average molecular weight is 249 g/mol. The molecule has 0 saturated carbocycles. The van der Waals surface area contributed by atoms with E-state index in [1.807, 2.05) is 31.3 Å². The lowest BCUT2D eigenvalue weighted by Crippen LogP contribution is -2.39. The topological polar surface area (TPSA) is 24.9 Å². The van der Waals surface area contributed by atoms with Gasteiger partial charge >= 0.3 is 0 Å². The van der Waals surface area contributed by atoms with Gasteiger partial charge in [0.1, 0.15) is 5.82 Å². The number of benzene rings is 1. The molecule has 1 N–H and O–H groups in total. The van der Waals surface area contributed by atoms with Crippen molar-refractivity contribution >= 4 is 28.2 Å². The third kappa shape index (κ3) is 2.52. The first-order chi connectivity index (χ1) is 8.00. The first-order valence-corrected chi connectivity index (χ1v) is 6.20. The van der Waals surface area contributed by atoms with Crippen LogP contribution in [0.25, 0.3) is 10.8 Å². The fourth-order valence-electron chi connectivity index (χ4n) is 1.62. The van der Waals surface area contributed by atoms with E-state index in [1.54, 1.807) is 0 Å². The summed E-state index contributed by atoms with van der Waals surface area (Å²) in [6.45, 7) is 6.14. The summed E-state index contributed by atoms with van der Waals surface area (Å²) in [6.07, 6.45) is 1.82. The Bertz CT molecular complexity index is 515. The Balaban J connectivity index is 2.43. The Morgan fingerprint density at radius 1 is 1.24 bits per heavy atom. The number of nitrogens with zero attached hydrogens (tertiary/aromatic N) is 1. The molecule has 0 saturated heterocycles. The molecule has 0 spiro atoms. The van der Waals surface area contributed by atoms with Crippen molar-refractivity contribution in [1.29, 1.82) is 0 Å². The van der Waals surface area contributed by atoms with Crippen LogP contribution in [0.2, 0.25) is 0 Å². The zero-order valence-corrected chi connectivity index (χ0v) is 11.1. The Labute approximate surface area is 107 Å². The summed E-state index contributed by atoms with van der Waals surface area (Å²) < 4.78 is 0. The molecule has 3 heteroatoms. The highest BCUT2D eigenvalue weighted by atomic mass is 35.5. The zero-order valence-electron chi connectivity index (χ0n) is 10.4. The normalized spacial score (nSPS) is 13.6. The van der Waals surface area contributed by atoms with Crippen molar-refractivity contribution in [2.75, 3.05) is 5.32 Å². The van der Waals surface area contributed by atoms with Crippen molar-refractivity contribution in [3.05, 3.63) is 36.5 Å². The van der Waals surface area contributed by atoms with Crippen molar-refractivity contribution in [3.63, 3.8) is 0 Å².